The van der Waals surface area contributed by atoms with Crippen LogP contribution in [0.4, 0.5) is 4.79 Å². The number of hydrogen-bond acceptors (Lipinski definition) is 4. The molecule has 2 fully saturated rings. The van der Waals surface area contributed by atoms with E-state index in [0.29, 0.717) is 19.7 Å². The SMILES string of the molecule is CC(C(=O)O)C1CN(C(=O)C2CCC(NC(=O)OCC3c4ccccc4-c4ccccc43)CC2)C1. The van der Waals surface area contributed by atoms with Gasteiger partial charge in [-0.15, -0.1) is 0 Å². The van der Waals surface area contributed by atoms with Crippen molar-refractivity contribution >= 4 is 18.0 Å². The number of alkyl carbamates (subject to hydrolysis) is 1. The third-order valence-corrected chi connectivity index (χ3v) is 8.06. The maximum Gasteiger partial charge on any atom is 0.407 e. The molecule has 3 aliphatic rings. The summed E-state index contributed by atoms with van der Waals surface area (Å²) in [7, 11) is 0. The first kappa shape index (κ1) is 23.4. The van der Waals surface area contributed by atoms with Crippen LogP contribution in [0.25, 0.3) is 11.1 Å². The second kappa shape index (κ2) is 9.72. The van der Waals surface area contributed by atoms with Crippen molar-refractivity contribution in [3.63, 3.8) is 0 Å². The standard InChI is InChI=1S/C28H32N2O5/c1-17(27(32)33)19-14-30(15-19)26(31)18-10-12-20(13-11-18)29-28(34)35-16-25-23-8-4-2-6-21(23)22-7-3-5-9-24(22)25/h2-9,17-20,25H,10-16H2,1H3,(H,29,34)(H,32,33). The van der Waals surface area contributed by atoms with Crippen LogP contribution in [0.1, 0.15) is 49.7 Å². The highest BCUT2D eigenvalue weighted by atomic mass is 16.5. The lowest BCUT2D eigenvalue weighted by atomic mass is 9.82. The lowest BCUT2D eigenvalue weighted by Gasteiger charge is -2.43. The largest absolute Gasteiger partial charge is 0.481 e. The topological polar surface area (TPSA) is 95.9 Å². The highest BCUT2D eigenvalue weighted by Gasteiger charge is 2.40. The summed E-state index contributed by atoms with van der Waals surface area (Å²) in [6.07, 6.45) is 2.52. The molecule has 7 nitrogen and oxygen atoms in total. The molecule has 0 bridgehead atoms. The van der Waals surface area contributed by atoms with Gasteiger partial charge in [-0.3, -0.25) is 9.59 Å². The fourth-order valence-corrected chi connectivity index (χ4v) is 5.76. The van der Waals surface area contributed by atoms with Crippen molar-refractivity contribution < 1.29 is 24.2 Å². The van der Waals surface area contributed by atoms with E-state index in [1.54, 1.807) is 11.8 Å². The first-order valence-corrected chi connectivity index (χ1v) is 12.6. The van der Waals surface area contributed by atoms with E-state index in [1.807, 2.05) is 24.3 Å². The maximum absolute atomic E-state index is 12.8. The number of nitrogens with one attached hydrogen (secondary N) is 1. The van der Waals surface area contributed by atoms with Crippen LogP contribution < -0.4 is 5.32 Å². The summed E-state index contributed by atoms with van der Waals surface area (Å²) in [5.74, 6) is -1.07. The van der Waals surface area contributed by atoms with Crippen LogP contribution in [0, 0.1) is 17.8 Å². The molecule has 2 amide bonds. The molecule has 1 saturated carbocycles. The number of ether oxygens (including phenoxy) is 1. The molecule has 2 aliphatic carbocycles. The van der Waals surface area contributed by atoms with Gasteiger partial charge in [0, 0.05) is 36.9 Å². The van der Waals surface area contributed by atoms with Gasteiger partial charge in [-0.2, -0.15) is 0 Å². The molecule has 5 rings (SSSR count). The second-order valence-corrected chi connectivity index (χ2v) is 10.1. The van der Waals surface area contributed by atoms with Gasteiger partial charge in [-0.25, -0.2) is 4.79 Å². The fraction of sp³-hybridized carbons (Fsp3) is 0.464. The highest BCUT2D eigenvalue weighted by Crippen LogP contribution is 2.44. The number of carboxylic acids is 1. The Bertz CT molecular complexity index is 1070. The number of aliphatic carboxylic acids is 1. The second-order valence-electron chi connectivity index (χ2n) is 10.1. The number of carbonyl (C=O) groups is 3. The van der Waals surface area contributed by atoms with Crippen molar-refractivity contribution in [3.05, 3.63) is 59.7 Å². The molecule has 0 radical (unpaired) electrons. The minimum Gasteiger partial charge on any atom is -0.481 e. The first-order valence-electron chi connectivity index (χ1n) is 12.6. The van der Waals surface area contributed by atoms with Crippen LogP contribution in [0.15, 0.2) is 48.5 Å². The van der Waals surface area contributed by atoms with E-state index in [0.717, 1.165) is 25.7 Å². The Morgan fingerprint density at radius 2 is 1.54 bits per heavy atom. The summed E-state index contributed by atoms with van der Waals surface area (Å²) in [5.41, 5.74) is 4.77. The van der Waals surface area contributed by atoms with Gasteiger partial charge in [-0.1, -0.05) is 55.5 Å². The van der Waals surface area contributed by atoms with Gasteiger partial charge >= 0.3 is 12.1 Å². The predicted molar refractivity (Wildman–Crippen MR) is 131 cm³/mol. The van der Waals surface area contributed by atoms with Crippen LogP contribution in [0.3, 0.4) is 0 Å². The molecular formula is C28H32N2O5. The number of carboxylic acid groups (broad SMARTS) is 1. The van der Waals surface area contributed by atoms with Gasteiger partial charge in [0.15, 0.2) is 0 Å². The molecule has 2 N–H and O–H groups in total. The van der Waals surface area contributed by atoms with Crippen molar-refractivity contribution in [2.75, 3.05) is 19.7 Å². The number of amides is 2. The van der Waals surface area contributed by atoms with Gasteiger partial charge in [0.2, 0.25) is 5.91 Å². The molecule has 1 aliphatic heterocycles. The average molecular weight is 477 g/mol. The molecule has 1 heterocycles. The van der Waals surface area contributed by atoms with Crippen molar-refractivity contribution in [1.29, 1.82) is 0 Å². The van der Waals surface area contributed by atoms with Crippen molar-refractivity contribution in [3.8, 4) is 11.1 Å². The van der Waals surface area contributed by atoms with Crippen molar-refractivity contribution in [2.24, 2.45) is 17.8 Å². The van der Waals surface area contributed by atoms with Gasteiger partial charge in [-0.05, 0) is 47.9 Å². The van der Waals surface area contributed by atoms with E-state index in [9.17, 15) is 14.4 Å². The zero-order valence-corrected chi connectivity index (χ0v) is 20.0. The third-order valence-electron chi connectivity index (χ3n) is 8.06. The van der Waals surface area contributed by atoms with E-state index in [1.165, 1.54) is 22.3 Å². The van der Waals surface area contributed by atoms with Crippen LogP contribution >= 0.6 is 0 Å². The summed E-state index contributed by atoms with van der Waals surface area (Å²) in [5, 5.41) is 12.1. The zero-order valence-electron chi connectivity index (χ0n) is 20.0. The maximum atomic E-state index is 12.8. The summed E-state index contributed by atoms with van der Waals surface area (Å²) in [4.78, 5) is 38.2. The highest BCUT2D eigenvalue weighted by molar-refractivity contribution is 5.81. The number of hydrogen-bond donors (Lipinski definition) is 2. The molecule has 1 atom stereocenters. The van der Waals surface area contributed by atoms with E-state index < -0.39 is 18.0 Å². The number of likely N-dealkylation sites (tertiary alicyclic amines) is 1. The Hall–Kier alpha value is -3.35. The molecule has 2 aromatic rings. The summed E-state index contributed by atoms with van der Waals surface area (Å²) >= 11 is 0. The Morgan fingerprint density at radius 3 is 2.11 bits per heavy atom. The Labute approximate surface area is 205 Å². The van der Waals surface area contributed by atoms with E-state index in [2.05, 4.69) is 29.6 Å². The molecule has 1 unspecified atom stereocenters. The molecule has 184 valence electrons. The molecule has 2 aromatic carbocycles. The summed E-state index contributed by atoms with van der Waals surface area (Å²) < 4.78 is 5.66. The molecule has 0 aromatic heterocycles. The average Bonchev–Trinajstić information content (AvgIpc) is 3.16. The van der Waals surface area contributed by atoms with Crippen LogP contribution in [-0.2, 0) is 14.3 Å². The van der Waals surface area contributed by atoms with E-state index >= 15 is 0 Å². The summed E-state index contributed by atoms with van der Waals surface area (Å²) in [6, 6.07) is 16.5. The molecule has 35 heavy (non-hydrogen) atoms. The van der Waals surface area contributed by atoms with Gasteiger partial charge < -0.3 is 20.1 Å². The number of rotatable bonds is 6. The smallest absolute Gasteiger partial charge is 0.407 e. The normalized spacial score (nSPS) is 22.5. The summed E-state index contributed by atoms with van der Waals surface area (Å²) in [6.45, 7) is 3.06. The first-order chi connectivity index (χ1) is 16.9. The van der Waals surface area contributed by atoms with E-state index in [-0.39, 0.29) is 29.7 Å². The number of fused-ring (bicyclic) bond motifs is 3. The zero-order chi connectivity index (χ0) is 24.5. The number of benzene rings is 2. The monoisotopic (exact) mass is 476 g/mol. The predicted octanol–water partition coefficient (Wildman–Crippen LogP) is 4.26. The van der Waals surface area contributed by atoms with Gasteiger partial charge in [0.25, 0.3) is 0 Å². The van der Waals surface area contributed by atoms with Crippen molar-refractivity contribution in [1.82, 2.24) is 10.2 Å². The van der Waals surface area contributed by atoms with Crippen molar-refractivity contribution in [2.45, 2.75) is 44.6 Å². The van der Waals surface area contributed by atoms with Gasteiger partial charge in [0.1, 0.15) is 6.61 Å². The lowest BCUT2D eigenvalue weighted by molar-refractivity contribution is -0.153. The van der Waals surface area contributed by atoms with Crippen LogP contribution in [0.2, 0.25) is 0 Å². The molecule has 0 spiro atoms. The fourth-order valence-electron chi connectivity index (χ4n) is 5.76. The van der Waals surface area contributed by atoms with Crippen LogP contribution in [0.5, 0.6) is 0 Å². The van der Waals surface area contributed by atoms with Crippen LogP contribution in [-0.4, -0.2) is 53.7 Å². The third kappa shape index (κ3) is 4.64. The number of carbonyl (C=O) groups excluding carboxylic acids is 2. The Morgan fingerprint density at radius 1 is 0.971 bits per heavy atom. The quantitative estimate of drug-likeness (QED) is 0.649. The van der Waals surface area contributed by atoms with E-state index in [4.69, 9.17) is 9.84 Å². The Balaban J connectivity index is 1.08. The Kier molecular flexibility index (Phi) is 6.50. The minimum absolute atomic E-state index is 0.00544. The molecular weight excluding hydrogens is 444 g/mol. The number of nitrogens with zero attached hydrogens (tertiary/aromatic N) is 1. The molecule has 1 saturated heterocycles. The van der Waals surface area contributed by atoms with Gasteiger partial charge in [0.05, 0.1) is 5.92 Å². The lowest BCUT2D eigenvalue weighted by Crippen LogP contribution is -2.55. The molecule has 7 heteroatoms. The minimum atomic E-state index is -0.804.